The van der Waals surface area contributed by atoms with Gasteiger partial charge in [-0.15, -0.1) is 0 Å². The summed E-state index contributed by atoms with van der Waals surface area (Å²) in [5.74, 6) is -0.157. The van der Waals surface area contributed by atoms with Gasteiger partial charge in [-0.25, -0.2) is 4.39 Å². The highest BCUT2D eigenvalue weighted by Crippen LogP contribution is 2.27. The van der Waals surface area contributed by atoms with E-state index in [1.807, 2.05) is 31.2 Å². The van der Waals surface area contributed by atoms with Gasteiger partial charge in [0.15, 0.2) is 0 Å². The molecule has 0 saturated carbocycles. The maximum absolute atomic E-state index is 13.3. The molecule has 1 aliphatic heterocycles. The number of nitrogens with zero attached hydrogens (tertiary/aromatic N) is 1. The minimum atomic E-state index is -0.398. The molecule has 2 amide bonds. The second kappa shape index (κ2) is 8.20. The van der Waals surface area contributed by atoms with Gasteiger partial charge >= 0.3 is 0 Å². The molecule has 0 spiro atoms. The lowest BCUT2D eigenvalue weighted by atomic mass is 10.1. The van der Waals surface area contributed by atoms with Crippen LogP contribution in [0.15, 0.2) is 42.5 Å². The highest BCUT2D eigenvalue weighted by atomic mass is 19.1. The van der Waals surface area contributed by atoms with Crippen LogP contribution in [0.5, 0.6) is 5.75 Å². The molecule has 1 unspecified atom stereocenters. The molecule has 0 bridgehead atoms. The van der Waals surface area contributed by atoms with E-state index in [2.05, 4.69) is 5.32 Å². The molecule has 3 rings (SSSR count). The highest BCUT2D eigenvalue weighted by Gasteiger charge is 2.35. The van der Waals surface area contributed by atoms with Gasteiger partial charge in [0.1, 0.15) is 11.6 Å². The first-order chi connectivity index (χ1) is 13.0. The molecular formula is C21H23FN2O3. The van der Waals surface area contributed by atoms with Crippen molar-refractivity contribution in [3.63, 3.8) is 0 Å². The lowest BCUT2D eigenvalue weighted by molar-refractivity contribution is -0.126. The SMILES string of the molecule is CCOc1ccc(N2CC(C(=O)NCc3ccc(F)c(C)c3)CC2=O)cc1. The zero-order valence-electron chi connectivity index (χ0n) is 15.5. The summed E-state index contributed by atoms with van der Waals surface area (Å²) in [7, 11) is 0. The van der Waals surface area contributed by atoms with Crippen molar-refractivity contribution in [2.45, 2.75) is 26.8 Å². The van der Waals surface area contributed by atoms with Crippen LogP contribution < -0.4 is 15.0 Å². The molecule has 1 atom stereocenters. The van der Waals surface area contributed by atoms with Crippen molar-refractivity contribution in [2.75, 3.05) is 18.1 Å². The third-order valence-electron chi connectivity index (χ3n) is 4.64. The Balaban J connectivity index is 1.59. The molecule has 5 nitrogen and oxygen atoms in total. The van der Waals surface area contributed by atoms with Crippen LogP contribution in [0, 0.1) is 18.7 Å². The molecule has 2 aromatic rings. The van der Waals surface area contributed by atoms with Crippen molar-refractivity contribution < 1.29 is 18.7 Å². The minimum Gasteiger partial charge on any atom is -0.494 e. The van der Waals surface area contributed by atoms with E-state index in [1.165, 1.54) is 6.07 Å². The molecule has 0 radical (unpaired) electrons. The predicted octanol–water partition coefficient (Wildman–Crippen LogP) is 3.20. The first kappa shape index (κ1) is 18.9. The molecule has 0 aliphatic carbocycles. The molecule has 0 aromatic heterocycles. The van der Waals surface area contributed by atoms with Crippen LogP contribution in [0.1, 0.15) is 24.5 Å². The van der Waals surface area contributed by atoms with Crippen LogP contribution in [0.25, 0.3) is 0 Å². The maximum atomic E-state index is 13.3. The number of rotatable bonds is 6. The Morgan fingerprint density at radius 1 is 1.26 bits per heavy atom. The van der Waals surface area contributed by atoms with Crippen LogP contribution in [0.4, 0.5) is 10.1 Å². The van der Waals surface area contributed by atoms with Gasteiger partial charge in [-0.05, 0) is 55.3 Å². The molecule has 1 heterocycles. The summed E-state index contributed by atoms with van der Waals surface area (Å²) in [5, 5.41) is 2.85. The fourth-order valence-electron chi connectivity index (χ4n) is 3.17. The Kier molecular flexibility index (Phi) is 5.74. The number of amides is 2. The lowest BCUT2D eigenvalue weighted by Gasteiger charge is -2.17. The van der Waals surface area contributed by atoms with E-state index in [0.717, 1.165) is 17.0 Å². The van der Waals surface area contributed by atoms with Crippen LogP contribution in [-0.4, -0.2) is 25.0 Å². The van der Waals surface area contributed by atoms with Crippen molar-refractivity contribution in [2.24, 2.45) is 5.92 Å². The fourth-order valence-corrected chi connectivity index (χ4v) is 3.17. The Hall–Kier alpha value is -2.89. The first-order valence-corrected chi connectivity index (χ1v) is 9.04. The Bertz CT molecular complexity index is 836. The topological polar surface area (TPSA) is 58.6 Å². The van der Waals surface area contributed by atoms with Crippen molar-refractivity contribution in [1.29, 1.82) is 0 Å². The zero-order chi connectivity index (χ0) is 19.4. The molecule has 1 fully saturated rings. The number of aryl methyl sites for hydroxylation is 1. The van der Waals surface area contributed by atoms with Gasteiger partial charge in [0.25, 0.3) is 0 Å². The number of hydrogen-bond acceptors (Lipinski definition) is 3. The van der Waals surface area contributed by atoms with E-state index in [-0.39, 0.29) is 24.1 Å². The highest BCUT2D eigenvalue weighted by molar-refractivity contribution is 6.00. The normalized spacial score (nSPS) is 16.5. The van der Waals surface area contributed by atoms with Crippen LogP contribution >= 0.6 is 0 Å². The van der Waals surface area contributed by atoms with E-state index in [0.29, 0.717) is 25.3 Å². The molecule has 1 N–H and O–H groups in total. The van der Waals surface area contributed by atoms with Gasteiger partial charge in [-0.2, -0.15) is 0 Å². The van der Waals surface area contributed by atoms with Crippen molar-refractivity contribution >= 4 is 17.5 Å². The Morgan fingerprint density at radius 3 is 2.67 bits per heavy atom. The summed E-state index contributed by atoms with van der Waals surface area (Å²) in [6, 6.07) is 12.0. The summed E-state index contributed by atoms with van der Waals surface area (Å²) < 4.78 is 18.7. The average molecular weight is 370 g/mol. The van der Waals surface area contributed by atoms with Crippen LogP contribution in [0.2, 0.25) is 0 Å². The van der Waals surface area contributed by atoms with Crippen LogP contribution in [0.3, 0.4) is 0 Å². The number of ether oxygens (including phenoxy) is 1. The molecule has 1 aliphatic rings. The summed E-state index contributed by atoms with van der Waals surface area (Å²) in [5.41, 5.74) is 2.13. The first-order valence-electron chi connectivity index (χ1n) is 9.04. The smallest absolute Gasteiger partial charge is 0.227 e. The maximum Gasteiger partial charge on any atom is 0.227 e. The summed E-state index contributed by atoms with van der Waals surface area (Å²) in [6.45, 7) is 4.84. The number of hydrogen-bond donors (Lipinski definition) is 1. The van der Waals surface area contributed by atoms with Gasteiger partial charge in [0.2, 0.25) is 11.8 Å². The van der Waals surface area contributed by atoms with E-state index < -0.39 is 5.92 Å². The van der Waals surface area contributed by atoms with E-state index in [4.69, 9.17) is 4.74 Å². The monoisotopic (exact) mass is 370 g/mol. The predicted molar refractivity (Wildman–Crippen MR) is 101 cm³/mol. The third kappa shape index (κ3) is 4.45. The number of benzene rings is 2. The van der Waals surface area contributed by atoms with Gasteiger partial charge in [-0.1, -0.05) is 12.1 Å². The molecular weight excluding hydrogens is 347 g/mol. The van der Waals surface area contributed by atoms with Gasteiger partial charge in [0.05, 0.1) is 12.5 Å². The van der Waals surface area contributed by atoms with E-state index >= 15 is 0 Å². The standard InChI is InChI=1S/C21H23FN2O3/c1-3-27-18-7-5-17(6-8-18)24-13-16(11-20(24)25)21(26)23-12-15-4-9-19(22)14(2)10-15/h4-10,16H,3,11-13H2,1-2H3,(H,23,26). The largest absolute Gasteiger partial charge is 0.494 e. The Labute approximate surface area is 158 Å². The number of carbonyl (C=O) groups is 2. The van der Waals surface area contributed by atoms with Gasteiger partial charge < -0.3 is 15.0 Å². The lowest BCUT2D eigenvalue weighted by Crippen LogP contribution is -2.32. The van der Waals surface area contributed by atoms with Gasteiger partial charge in [-0.3, -0.25) is 9.59 Å². The third-order valence-corrected chi connectivity index (χ3v) is 4.64. The number of carbonyl (C=O) groups excluding carboxylic acids is 2. The molecule has 142 valence electrons. The van der Waals surface area contributed by atoms with E-state index in [1.54, 1.807) is 24.0 Å². The summed E-state index contributed by atoms with van der Waals surface area (Å²) >= 11 is 0. The summed E-state index contributed by atoms with van der Waals surface area (Å²) in [6.07, 6.45) is 0.182. The number of anilines is 1. The quantitative estimate of drug-likeness (QED) is 0.850. The van der Waals surface area contributed by atoms with Crippen LogP contribution in [-0.2, 0) is 16.1 Å². The zero-order valence-corrected chi connectivity index (χ0v) is 15.5. The van der Waals surface area contributed by atoms with Crippen molar-refractivity contribution in [3.8, 4) is 5.75 Å². The fraction of sp³-hybridized carbons (Fsp3) is 0.333. The molecule has 2 aromatic carbocycles. The second-order valence-corrected chi connectivity index (χ2v) is 6.63. The Morgan fingerprint density at radius 2 is 2.00 bits per heavy atom. The summed E-state index contributed by atoms with van der Waals surface area (Å²) in [4.78, 5) is 26.4. The molecule has 6 heteroatoms. The number of nitrogens with one attached hydrogen (secondary N) is 1. The molecule has 1 saturated heterocycles. The molecule has 27 heavy (non-hydrogen) atoms. The number of halogens is 1. The van der Waals surface area contributed by atoms with E-state index in [9.17, 15) is 14.0 Å². The van der Waals surface area contributed by atoms with Gasteiger partial charge in [0, 0.05) is 25.2 Å². The van der Waals surface area contributed by atoms with Crippen molar-refractivity contribution in [3.05, 3.63) is 59.4 Å². The second-order valence-electron chi connectivity index (χ2n) is 6.63. The minimum absolute atomic E-state index is 0.0723. The van der Waals surface area contributed by atoms with Crippen molar-refractivity contribution in [1.82, 2.24) is 5.32 Å². The average Bonchev–Trinajstić information content (AvgIpc) is 3.05.